The summed E-state index contributed by atoms with van der Waals surface area (Å²) in [6.07, 6.45) is 17.0. The molecule has 0 aliphatic carbocycles. The predicted octanol–water partition coefficient (Wildman–Crippen LogP) is 18.7. The van der Waals surface area contributed by atoms with E-state index in [2.05, 4.69) is 117 Å². The van der Waals surface area contributed by atoms with Gasteiger partial charge in [-0.05, 0) is 219 Å². The third-order valence-corrected chi connectivity index (χ3v) is 24.6. The fourth-order valence-electron chi connectivity index (χ4n) is 14.7. The molecule has 8 rings (SSSR count). The van der Waals surface area contributed by atoms with E-state index in [1.54, 1.807) is 24.3 Å². The highest BCUT2D eigenvalue weighted by atomic mass is 32.2. The van der Waals surface area contributed by atoms with Gasteiger partial charge in [0.15, 0.2) is 9.84 Å². The SMILES string of the molecule is C=C1C[C@H](CCCOC(=O)C(C)(C)C)OC1CC[C@H]1C[C@@H](C)C(=C)C(C[C@@H]2O[C@H](C[C@H](C)CC)[C@H](C)[C@H]2CS(=O)(=O)c2ccccc2)O1.C=C1C[C@H](CCCOC(=O)C(C)(C)C)OC1CC[C@H]1C[C@@H](C)C(=C)C(C[C@@H]2O[C@H](C[C@H](C)CC)[C@H](C)[C@H]2CSc2ccccc2)O1.CN=O. The topological polar surface area (TPSA) is 172 Å². The molecule has 0 amide bonds. The van der Waals surface area contributed by atoms with Crippen LogP contribution >= 0.6 is 11.8 Å². The van der Waals surface area contributed by atoms with Gasteiger partial charge in [-0.2, -0.15) is 4.91 Å². The highest BCUT2D eigenvalue weighted by Crippen LogP contribution is 2.46. The van der Waals surface area contributed by atoms with Gasteiger partial charge in [-0.25, -0.2) is 8.42 Å². The molecule has 6 heterocycles. The monoisotopic (exact) mass is 1390 g/mol. The highest BCUT2D eigenvalue weighted by Gasteiger charge is 2.48. The summed E-state index contributed by atoms with van der Waals surface area (Å²) >= 11 is 1.96. The zero-order valence-corrected chi connectivity index (χ0v) is 63.9. The van der Waals surface area contributed by atoms with E-state index in [9.17, 15) is 18.0 Å². The highest BCUT2D eigenvalue weighted by molar-refractivity contribution is 7.99. The largest absolute Gasteiger partial charge is 0.465 e. The lowest BCUT2D eigenvalue weighted by atomic mass is 9.81. The lowest BCUT2D eigenvalue weighted by Gasteiger charge is -2.38. The van der Waals surface area contributed by atoms with Gasteiger partial charge < -0.3 is 37.9 Å². The van der Waals surface area contributed by atoms with E-state index in [1.807, 2.05) is 59.4 Å². The van der Waals surface area contributed by atoms with Crippen LogP contribution in [0.1, 0.15) is 213 Å². The van der Waals surface area contributed by atoms with Gasteiger partial charge in [0.05, 0.1) is 115 Å². The first-order valence-corrected chi connectivity index (χ1v) is 39.7. The van der Waals surface area contributed by atoms with Gasteiger partial charge in [-0.3, -0.25) is 9.59 Å². The Morgan fingerprint density at radius 3 is 1.37 bits per heavy atom. The summed E-state index contributed by atoms with van der Waals surface area (Å²) in [6, 6.07) is 19.6. The van der Waals surface area contributed by atoms with E-state index in [4.69, 9.17) is 42.8 Å². The smallest absolute Gasteiger partial charge is 0.311 e. The quantitative estimate of drug-likeness (QED) is 0.0238. The summed E-state index contributed by atoms with van der Waals surface area (Å²) in [5.74, 6) is 3.70. The normalized spacial score (nSPS) is 31.4. The molecular weight excluding hydrogens is 1260 g/mol. The van der Waals surface area contributed by atoms with Gasteiger partial charge in [0, 0.05) is 29.4 Å². The Morgan fingerprint density at radius 1 is 0.567 bits per heavy atom. The third-order valence-electron chi connectivity index (χ3n) is 21.6. The van der Waals surface area contributed by atoms with Crippen molar-refractivity contribution in [3.8, 4) is 0 Å². The molecule has 546 valence electrons. The van der Waals surface area contributed by atoms with E-state index in [-0.39, 0.29) is 96.7 Å². The number of hydrogen-bond acceptors (Lipinski definition) is 15. The molecule has 16 heteroatoms. The van der Waals surface area contributed by atoms with Crippen molar-refractivity contribution in [1.29, 1.82) is 0 Å². The summed E-state index contributed by atoms with van der Waals surface area (Å²) in [5.41, 5.74) is 3.65. The van der Waals surface area contributed by atoms with Gasteiger partial charge in [0.2, 0.25) is 0 Å². The van der Waals surface area contributed by atoms with Crippen molar-refractivity contribution in [2.45, 2.75) is 296 Å². The zero-order chi connectivity index (χ0) is 71.4. The molecule has 20 atom stereocenters. The molecule has 14 nitrogen and oxygen atoms in total. The molecule has 0 saturated carbocycles. The third kappa shape index (κ3) is 25.2. The van der Waals surface area contributed by atoms with E-state index in [0.29, 0.717) is 66.1 Å². The first-order valence-electron chi connectivity index (χ1n) is 37.0. The Bertz CT molecular complexity index is 2910. The molecule has 6 saturated heterocycles. The summed E-state index contributed by atoms with van der Waals surface area (Å²) in [7, 11) is -2.28. The second kappa shape index (κ2) is 38.9. The number of sulfone groups is 1. The van der Waals surface area contributed by atoms with Gasteiger partial charge in [-0.15, -0.1) is 11.8 Å². The van der Waals surface area contributed by atoms with Crippen LogP contribution < -0.4 is 0 Å². The van der Waals surface area contributed by atoms with Gasteiger partial charge in [0.1, 0.15) is 0 Å². The van der Waals surface area contributed by atoms with Crippen LogP contribution in [0.3, 0.4) is 0 Å². The minimum absolute atomic E-state index is 0.00233. The molecule has 2 aromatic carbocycles. The lowest BCUT2D eigenvalue weighted by Crippen LogP contribution is -2.38. The molecule has 0 bridgehead atoms. The number of thioether (sulfide) groups is 1. The molecule has 0 aromatic heterocycles. The molecular formula is C81H127NO13S2. The van der Waals surface area contributed by atoms with Crippen molar-refractivity contribution in [3.05, 3.63) is 114 Å². The second-order valence-corrected chi connectivity index (χ2v) is 34.8. The number of nitrogens with zero attached hydrogens (tertiary/aromatic N) is 1. The predicted molar refractivity (Wildman–Crippen MR) is 393 cm³/mol. The average Bonchev–Trinajstić information content (AvgIpc) is 1.77. The van der Waals surface area contributed by atoms with E-state index >= 15 is 0 Å². The molecule has 2 aromatic rings. The Kier molecular flexibility index (Phi) is 32.8. The average molecular weight is 1390 g/mol. The summed E-state index contributed by atoms with van der Waals surface area (Å²) in [6.45, 7) is 47.9. The minimum Gasteiger partial charge on any atom is -0.465 e. The maximum absolute atomic E-state index is 13.6. The van der Waals surface area contributed by atoms with Crippen LogP contribution in [0, 0.1) is 63.1 Å². The number of carbonyl (C=O) groups excluding carboxylic acids is 2. The van der Waals surface area contributed by atoms with Crippen LogP contribution in [0.25, 0.3) is 0 Å². The Morgan fingerprint density at radius 2 is 0.959 bits per heavy atom. The first kappa shape index (κ1) is 82.0. The molecule has 0 spiro atoms. The number of carbonyl (C=O) groups is 2. The fourth-order valence-corrected chi connectivity index (χ4v) is 17.7. The molecule has 97 heavy (non-hydrogen) atoms. The van der Waals surface area contributed by atoms with Crippen molar-refractivity contribution < 1.29 is 55.9 Å². The fraction of sp³-hybridized carbons (Fsp3) is 0.728. The number of nitroso groups, excluding NO2 is 1. The van der Waals surface area contributed by atoms with Crippen molar-refractivity contribution in [2.24, 2.45) is 63.4 Å². The van der Waals surface area contributed by atoms with Gasteiger partial charge >= 0.3 is 11.9 Å². The number of esters is 2. The molecule has 6 aliphatic rings. The maximum atomic E-state index is 13.6. The summed E-state index contributed by atoms with van der Waals surface area (Å²) < 4.78 is 78.1. The van der Waals surface area contributed by atoms with Gasteiger partial charge in [0.25, 0.3) is 0 Å². The molecule has 0 radical (unpaired) electrons. The minimum atomic E-state index is -3.48. The summed E-state index contributed by atoms with van der Waals surface area (Å²) in [5, 5.41) is 2.25. The standard InChI is InChI=1S/C40H62O7S.C40H62O5S.CH3NO/c1-10-26(2)21-36-30(6)34(25-48(42,43)33-16-12-11-13-17-33)38(47-36)24-37-29(5)27(3)22-32(46-37)18-19-35-28(4)23-31(45-35)15-14-20-44-39(41)40(7,8)9;1-10-26(2)21-36-30(6)34(25-46-33-16-12-11-13-17-33)38(45-36)24-37-29(5)27(3)22-32(44-37)18-19-35-28(4)23-31(43-35)15-14-20-42-39(41)40(7,8)9;1-2-3/h11-13,16-17,26-27,30-32,34-38H,4-5,10,14-15,18-25H2,1-3,6-9H3;11-13,16-17,26-27,30-32,34-38H,4-5,10,14-15,18-25H2,1-3,6-9H3;1H3/t2*26-,27-,30-,31+,32+,34-,35?,36-,37?,38+;/m11./s1. The number of hydrogen-bond donors (Lipinski definition) is 0. The van der Waals surface area contributed by atoms with Crippen LogP contribution in [-0.4, -0.2) is 125 Å². The molecule has 0 N–H and O–H groups in total. The van der Waals surface area contributed by atoms with E-state index < -0.39 is 20.7 Å². The molecule has 4 unspecified atom stereocenters. The van der Waals surface area contributed by atoms with Crippen LogP contribution in [0.5, 0.6) is 0 Å². The lowest BCUT2D eigenvalue weighted by molar-refractivity contribution is -0.154. The summed E-state index contributed by atoms with van der Waals surface area (Å²) in [4.78, 5) is 34.4. The van der Waals surface area contributed by atoms with Crippen molar-refractivity contribution in [3.63, 3.8) is 0 Å². The van der Waals surface area contributed by atoms with Crippen LogP contribution in [-0.2, 0) is 57.3 Å². The Labute approximate surface area is 591 Å². The van der Waals surface area contributed by atoms with E-state index in [0.717, 1.165) is 120 Å². The Balaban J connectivity index is 0.000000295. The first-order chi connectivity index (χ1) is 45.8. The van der Waals surface area contributed by atoms with Crippen LogP contribution in [0.2, 0.25) is 0 Å². The Hall–Kier alpha value is -4.00. The van der Waals surface area contributed by atoms with Gasteiger partial charge in [-0.1, -0.05) is 136 Å². The molecule has 6 aliphatic heterocycles. The van der Waals surface area contributed by atoms with Crippen LogP contribution in [0.4, 0.5) is 0 Å². The van der Waals surface area contributed by atoms with E-state index in [1.165, 1.54) is 29.5 Å². The second-order valence-electron chi connectivity index (χ2n) is 31.7. The number of rotatable bonds is 30. The van der Waals surface area contributed by atoms with Crippen molar-refractivity contribution >= 4 is 33.5 Å². The number of ether oxygens (including phenoxy) is 8. The zero-order valence-electron chi connectivity index (χ0n) is 62.3. The maximum Gasteiger partial charge on any atom is 0.311 e. The van der Waals surface area contributed by atoms with Crippen LogP contribution in [0.15, 0.2) is 124 Å². The number of benzene rings is 2. The van der Waals surface area contributed by atoms with Crippen molar-refractivity contribution in [2.75, 3.05) is 31.8 Å². The molecule has 6 fully saturated rings. The van der Waals surface area contributed by atoms with Crippen molar-refractivity contribution in [1.82, 2.24) is 0 Å².